The smallest absolute Gasteiger partial charge is 0.355 e. The molecule has 0 bridgehead atoms. The molecule has 1 fully saturated rings. The molecule has 12 nitrogen and oxygen atoms in total. The van der Waals surface area contributed by atoms with E-state index in [1.807, 2.05) is 0 Å². The number of esters is 2. The van der Waals surface area contributed by atoms with E-state index in [9.17, 15) is 19.2 Å². The molecule has 1 unspecified atom stereocenters. The van der Waals surface area contributed by atoms with Crippen LogP contribution in [-0.4, -0.2) is 77.3 Å². The van der Waals surface area contributed by atoms with E-state index in [1.165, 1.54) is 37.0 Å². The van der Waals surface area contributed by atoms with Gasteiger partial charge in [-0.2, -0.15) is 0 Å². The molecule has 0 saturated carbocycles. The summed E-state index contributed by atoms with van der Waals surface area (Å²) in [4.78, 5) is 58.8. The number of hydrogen-bond acceptors (Lipinski definition) is 12. The van der Waals surface area contributed by atoms with E-state index in [-0.39, 0.29) is 28.8 Å². The molecule has 1 aromatic rings. The Kier molecular flexibility index (Phi) is 7.48. The number of carbonyl (C=O) groups excluding carboxylic acids is 4. The van der Waals surface area contributed by atoms with Crippen molar-refractivity contribution in [2.24, 2.45) is 5.16 Å². The summed E-state index contributed by atoms with van der Waals surface area (Å²) >= 11 is 2.50. The molecular formula is C18H19N5O7S2. The Hall–Kier alpha value is -3.39. The van der Waals surface area contributed by atoms with Gasteiger partial charge in [-0.15, -0.1) is 23.1 Å². The van der Waals surface area contributed by atoms with Crippen LogP contribution in [0.4, 0.5) is 5.13 Å². The van der Waals surface area contributed by atoms with Crippen LogP contribution in [0.1, 0.15) is 5.69 Å². The lowest BCUT2D eigenvalue weighted by Crippen LogP contribution is -2.70. The van der Waals surface area contributed by atoms with Crippen LogP contribution in [-0.2, 0) is 33.5 Å². The van der Waals surface area contributed by atoms with Crippen LogP contribution in [0, 0.1) is 0 Å². The van der Waals surface area contributed by atoms with Crippen molar-refractivity contribution in [1.82, 2.24) is 15.2 Å². The molecule has 1 saturated heterocycles. The number of amides is 2. The molecular weight excluding hydrogens is 462 g/mol. The van der Waals surface area contributed by atoms with Gasteiger partial charge in [0.1, 0.15) is 36.5 Å². The fourth-order valence-corrected chi connectivity index (χ4v) is 4.58. The maximum atomic E-state index is 12.7. The Bertz CT molecular complexity index is 1020. The number of thiazole rings is 1. The number of nitrogens with zero attached hydrogens (tertiary/aromatic N) is 3. The Labute approximate surface area is 190 Å². The molecule has 2 aliphatic heterocycles. The molecule has 0 radical (unpaired) electrons. The Morgan fingerprint density at radius 1 is 1.41 bits per heavy atom. The van der Waals surface area contributed by atoms with Crippen molar-refractivity contribution in [2.75, 3.05) is 32.3 Å². The van der Waals surface area contributed by atoms with Crippen molar-refractivity contribution in [3.05, 3.63) is 35.0 Å². The summed E-state index contributed by atoms with van der Waals surface area (Å²) < 4.78 is 9.52. The molecule has 2 amide bonds. The maximum Gasteiger partial charge on any atom is 0.355 e. The Morgan fingerprint density at radius 2 is 2.19 bits per heavy atom. The van der Waals surface area contributed by atoms with Gasteiger partial charge < -0.3 is 25.4 Å². The number of ether oxygens (including phenoxy) is 2. The standard InChI is InChI=1S/C18H19N5O7S2/c1-28-11(24)4-3-6-30-17(27)10-5-7-31-16-13(15(26)23(10)16)21-14(25)12(22-29-2)9-8-32-18(19)20-9/h3-5,8,13,16H,6-7H2,1-2H3,(H2,19,20)(H,21,25)/t13?,16-/m1/s1. The van der Waals surface area contributed by atoms with E-state index >= 15 is 0 Å². The van der Waals surface area contributed by atoms with Crippen LogP contribution in [0.3, 0.4) is 0 Å². The van der Waals surface area contributed by atoms with Gasteiger partial charge in [-0.25, -0.2) is 14.6 Å². The third kappa shape index (κ3) is 4.91. The molecule has 2 atom stereocenters. The first-order valence-corrected chi connectivity index (χ1v) is 11.0. The van der Waals surface area contributed by atoms with Crippen LogP contribution in [0.15, 0.2) is 34.5 Å². The van der Waals surface area contributed by atoms with Crippen LogP contribution in [0.25, 0.3) is 0 Å². The molecule has 32 heavy (non-hydrogen) atoms. The number of thioether (sulfide) groups is 1. The van der Waals surface area contributed by atoms with Crippen LogP contribution >= 0.6 is 23.1 Å². The lowest BCUT2D eigenvalue weighted by atomic mass is 10.0. The van der Waals surface area contributed by atoms with Gasteiger partial charge in [0, 0.05) is 17.2 Å². The molecule has 3 N–H and O–H groups in total. The summed E-state index contributed by atoms with van der Waals surface area (Å²) in [5, 5.41) is 7.60. The first-order chi connectivity index (χ1) is 15.4. The fourth-order valence-electron chi connectivity index (χ4n) is 2.84. The molecule has 14 heteroatoms. The van der Waals surface area contributed by atoms with E-state index in [0.717, 1.165) is 17.4 Å². The molecule has 3 heterocycles. The second-order valence-corrected chi connectivity index (χ2v) is 8.23. The quantitative estimate of drug-likeness (QED) is 0.165. The average molecular weight is 482 g/mol. The van der Waals surface area contributed by atoms with Crippen LogP contribution in [0.5, 0.6) is 0 Å². The second kappa shape index (κ2) is 10.3. The predicted octanol–water partition coefficient (Wildman–Crippen LogP) is -0.368. The number of nitrogens with two attached hydrogens (primary N) is 1. The van der Waals surface area contributed by atoms with Gasteiger partial charge in [0.05, 0.1) is 7.11 Å². The number of methoxy groups -OCH3 is 1. The van der Waals surface area contributed by atoms with Crippen molar-refractivity contribution in [2.45, 2.75) is 11.4 Å². The summed E-state index contributed by atoms with van der Waals surface area (Å²) in [7, 11) is 2.50. The van der Waals surface area contributed by atoms with Crippen molar-refractivity contribution in [1.29, 1.82) is 0 Å². The van der Waals surface area contributed by atoms with Crippen molar-refractivity contribution >= 4 is 57.7 Å². The van der Waals surface area contributed by atoms with Crippen LogP contribution in [0.2, 0.25) is 0 Å². The van der Waals surface area contributed by atoms with Crippen molar-refractivity contribution < 1.29 is 33.5 Å². The zero-order valence-electron chi connectivity index (χ0n) is 17.0. The third-order valence-corrected chi connectivity index (χ3v) is 6.13. The average Bonchev–Trinajstić information content (AvgIpc) is 3.23. The second-order valence-electron chi connectivity index (χ2n) is 6.19. The number of nitrogens with one attached hydrogen (secondary N) is 1. The minimum atomic E-state index is -0.874. The largest absolute Gasteiger partial charge is 0.466 e. The highest BCUT2D eigenvalue weighted by atomic mass is 32.2. The monoisotopic (exact) mass is 481 g/mol. The normalized spacial score (nSPS) is 20.2. The zero-order chi connectivity index (χ0) is 23.3. The lowest BCUT2D eigenvalue weighted by Gasteiger charge is -2.48. The molecule has 1 aromatic heterocycles. The summed E-state index contributed by atoms with van der Waals surface area (Å²) in [5.74, 6) is -2.00. The molecule has 0 aliphatic carbocycles. The van der Waals surface area contributed by atoms with E-state index in [1.54, 1.807) is 11.5 Å². The van der Waals surface area contributed by atoms with Crippen molar-refractivity contribution in [3.8, 4) is 0 Å². The van der Waals surface area contributed by atoms with Gasteiger partial charge in [0.2, 0.25) is 0 Å². The predicted molar refractivity (Wildman–Crippen MR) is 115 cm³/mol. The number of nitrogen functional groups attached to an aromatic ring is 1. The summed E-state index contributed by atoms with van der Waals surface area (Å²) in [6, 6.07) is -0.874. The maximum absolute atomic E-state index is 12.7. The minimum Gasteiger partial charge on any atom is -0.466 e. The van der Waals surface area contributed by atoms with Gasteiger partial charge in [0.15, 0.2) is 10.8 Å². The highest BCUT2D eigenvalue weighted by Crippen LogP contribution is 2.37. The SMILES string of the molecule is CON=C(C(=O)NC1C(=O)N2C(C(=O)OCC=CC(=O)OC)=CCS[C@H]12)c1csc(N)n1. The number of fused-ring (bicyclic) bond motifs is 1. The molecule has 0 aromatic carbocycles. The number of β-lactam (4-membered cyclic amide) rings is 1. The fraction of sp³-hybridized carbons (Fsp3) is 0.333. The molecule has 3 rings (SSSR count). The zero-order valence-corrected chi connectivity index (χ0v) is 18.6. The van der Waals surface area contributed by atoms with Gasteiger partial charge in [-0.1, -0.05) is 5.16 Å². The molecule has 2 aliphatic rings. The lowest BCUT2D eigenvalue weighted by molar-refractivity contribution is -0.151. The number of rotatable bonds is 8. The van der Waals surface area contributed by atoms with Gasteiger partial charge in [-0.05, 0) is 12.2 Å². The summed E-state index contributed by atoms with van der Waals surface area (Å²) in [6.07, 6.45) is 4.01. The first-order valence-electron chi connectivity index (χ1n) is 9.07. The third-order valence-electron chi connectivity index (χ3n) is 4.27. The van der Waals surface area contributed by atoms with E-state index < -0.39 is 35.2 Å². The van der Waals surface area contributed by atoms with Crippen molar-refractivity contribution in [3.63, 3.8) is 0 Å². The van der Waals surface area contributed by atoms with Crippen LogP contribution < -0.4 is 11.1 Å². The summed E-state index contributed by atoms with van der Waals surface area (Å²) in [5.41, 5.74) is 5.78. The van der Waals surface area contributed by atoms with Gasteiger partial charge >= 0.3 is 11.9 Å². The Morgan fingerprint density at radius 3 is 2.84 bits per heavy atom. The highest BCUT2D eigenvalue weighted by Gasteiger charge is 2.53. The first kappa shape index (κ1) is 23.3. The number of anilines is 1. The highest BCUT2D eigenvalue weighted by molar-refractivity contribution is 8.00. The van der Waals surface area contributed by atoms with E-state index in [0.29, 0.717) is 5.75 Å². The molecule has 170 valence electrons. The minimum absolute atomic E-state index is 0.0776. The number of oxime groups is 1. The van der Waals surface area contributed by atoms with E-state index in [4.69, 9.17) is 15.3 Å². The molecule has 0 spiro atoms. The number of hydrogen-bond donors (Lipinski definition) is 2. The van der Waals surface area contributed by atoms with E-state index in [2.05, 4.69) is 20.2 Å². The van der Waals surface area contributed by atoms with Gasteiger partial charge in [-0.3, -0.25) is 14.5 Å². The summed E-state index contributed by atoms with van der Waals surface area (Å²) in [6.45, 7) is -0.168. The topological polar surface area (TPSA) is 163 Å². The number of aromatic nitrogens is 1. The number of carbonyl (C=O) groups is 4. The Balaban J connectivity index is 1.63. The van der Waals surface area contributed by atoms with Gasteiger partial charge in [0.25, 0.3) is 11.8 Å².